The highest BCUT2D eigenvalue weighted by molar-refractivity contribution is 5.97. The van der Waals surface area contributed by atoms with Gasteiger partial charge in [0.2, 0.25) is 5.91 Å². The molecule has 0 fully saturated rings. The molecule has 0 bridgehead atoms. The van der Waals surface area contributed by atoms with Crippen molar-refractivity contribution in [3.8, 4) is 11.8 Å². The fourth-order valence-corrected chi connectivity index (χ4v) is 1.32. The normalized spacial score (nSPS) is 13.3. The number of halogens is 1. The van der Waals surface area contributed by atoms with E-state index < -0.39 is 17.1 Å². The average Bonchev–Trinajstić information content (AvgIpc) is 2.39. The van der Waals surface area contributed by atoms with Crippen molar-refractivity contribution in [2.45, 2.75) is 20.3 Å². The number of anilines is 1. The first-order valence-corrected chi connectivity index (χ1v) is 5.53. The van der Waals surface area contributed by atoms with Crippen LogP contribution in [0.2, 0.25) is 0 Å². The second-order valence-corrected chi connectivity index (χ2v) is 4.10. The molecular formula is C13H15FN2O2. The Morgan fingerprint density at radius 3 is 2.78 bits per heavy atom. The predicted molar refractivity (Wildman–Crippen MR) is 65.6 cm³/mol. The van der Waals surface area contributed by atoms with Crippen LogP contribution in [0, 0.1) is 22.6 Å². The first kappa shape index (κ1) is 14.0. The van der Waals surface area contributed by atoms with Crippen LogP contribution < -0.4 is 10.1 Å². The molecule has 1 amide bonds. The largest absolute Gasteiger partial charge is 0.494 e. The van der Waals surface area contributed by atoms with Gasteiger partial charge in [-0.05, 0) is 25.5 Å². The van der Waals surface area contributed by atoms with E-state index in [0.717, 1.165) is 0 Å². The number of nitrogens with one attached hydrogen (secondary N) is 1. The molecule has 1 unspecified atom stereocenters. The highest BCUT2D eigenvalue weighted by Crippen LogP contribution is 2.28. The van der Waals surface area contributed by atoms with Gasteiger partial charge in [0.15, 0.2) is 0 Å². The third-order valence-electron chi connectivity index (χ3n) is 2.87. The third-order valence-corrected chi connectivity index (χ3v) is 2.87. The monoisotopic (exact) mass is 250 g/mol. The summed E-state index contributed by atoms with van der Waals surface area (Å²) in [4.78, 5) is 12.0. The number of amides is 1. The minimum absolute atomic E-state index is 0.222. The van der Waals surface area contributed by atoms with Crippen molar-refractivity contribution in [1.29, 1.82) is 5.26 Å². The van der Waals surface area contributed by atoms with Crippen LogP contribution in [0.5, 0.6) is 5.75 Å². The number of ether oxygens (including phenoxy) is 1. The van der Waals surface area contributed by atoms with E-state index in [1.807, 2.05) is 6.07 Å². The van der Waals surface area contributed by atoms with E-state index in [0.29, 0.717) is 12.1 Å². The van der Waals surface area contributed by atoms with Crippen LogP contribution in [0.25, 0.3) is 0 Å². The fraction of sp³-hybridized carbons (Fsp3) is 0.385. The maximum absolute atomic E-state index is 13.0. The number of hydrogen-bond donors (Lipinski definition) is 1. The summed E-state index contributed by atoms with van der Waals surface area (Å²) in [5.41, 5.74) is -0.766. The van der Waals surface area contributed by atoms with Gasteiger partial charge < -0.3 is 10.1 Å². The van der Waals surface area contributed by atoms with E-state index >= 15 is 0 Å². The SMILES string of the molecule is CCC(C)(C#N)C(=O)Nc1ccc(F)cc1OC. The molecule has 1 aromatic rings. The van der Waals surface area contributed by atoms with Crippen molar-refractivity contribution >= 4 is 11.6 Å². The molecule has 0 aliphatic carbocycles. The van der Waals surface area contributed by atoms with Crippen LogP contribution in [0.4, 0.5) is 10.1 Å². The van der Waals surface area contributed by atoms with Crippen LogP contribution in [0.15, 0.2) is 18.2 Å². The highest BCUT2D eigenvalue weighted by Gasteiger charge is 2.31. The summed E-state index contributed by atoms with van der Waals surface area (Å²) in [6.07, 6.45) is 0.388. The molecule has 1 atom stereocenters. The lowest BCUT2D eigenvalue weighted by atomic mass is 9.88. The molecule has 0 aromatic heterocycles. The predicted octanol–water partition coefficient (Wildman–Crippen LogP) is 2.71. The van der Waals surface area contributed by atoms with Gasteiger partial charge >= 0.3 is 0 Å². The van der Waals surface area contributed by atoms with Crippen molar-refractivity contribution < 1.29 is 13.9 Å². The van der Waals surface area contributed by atoms with Crippen LogP contribution in [0.3, 0.4) is 0 Å². The Morgan fingerprint density at radius 2 is 2.28 bits per heavy atom. The Kier molecular flexibility index (Phi) is 4.27. The maximum atomic E-state index is 13.0. The molecule has 5 heteroatoms. The lowest BCUT2D eigenvalue weighted by Gasteiger charge is -2.19. The van der Waals surface area contributed by atoms with E-state index in [-0.39, 0.29) is 5.75 Å². The zero-order chi connectivity index (χ0) is 13.8. The molecule has 0 aliphatic rings. The molecule has 0 saturated carbocycles. The summed E-state index contributed by atoms with van der Waals surface area (Å²) in [6, 6.07) is 5.76. The van der Waals surface area contributed by atoms with Crippen molar-refractivity contribution in [3.63, 3.8) is 0 Å². The summed E-state index contributed by atoms with van der Waals surface area (Å²) in [5, 5.41) is 11.6. The summed E-state index contributed by atoms with van der Waals surface area (Å²) in [5.74, 6) is -0.666. The number of carbonyl (C=O) groups excluding carboxylic acids is 1. The van der Waals surface area contributed by atoms with E-state index in [1.54, 1.807) is 13.8 Å². The summed E-state index contributed by atoms with van der Waals surface area (Å²) in [7, 11) is 1.38. The van der Waals surface area contributed by atoms with Crippen LogP contribution >= 0.6 is 0 Å². The first-order valence-electron chi connectivity index (χ1n) is 5.53. The first-order chi connectivity index (χ1) is 8.46. The Labute approximate surface area is 105 Å². The van der Waals surface area contributed by atoms with Gasteiger partial charge in [0, 0.05) is 6.07 Å². The van der Waals surface area contributed by atoms with E-state index in [2.05, 4.69) is 5.32 Å². The fourth-order valence-electron chi connectivity index (χ4n) is 1.32. The average molecular weight is 250 g/mol. The molecule has 1 N–H and O–H groups in total. The summed E-state index contributed by atoms with van der Waals surface area (Å²) < 4.78 is 18.0. The topological polar surface area (TPSA) is 62.1 Å². The molecule has 4 nitrogen and oxygen atoms in total. The minimum atomic E-state index is -1.11. The molecule has 18 heavy (non-hydrogen) atoms. The molecule has 1 aromatic carbocycles. The van der Waals surface area contributed by atoms with Gasteiger partial charge in [0.05, 0.1) is 18.9 Å². The van der Waals surface area contributed by atoms with Crippen molar-refractivity contribution in [2.24, 2.45) is 5.41 Å². The summed E-state index contributed by atoms with van der Waals surface area (Å²) in [6.45, 7) is 3.31. The highest BCUT2D eigenvalue weighted by atomic mass is 19.1. The van der Waals surface area contributed by atoms with Gasteiger partial charge in [0.1, 0.15) is 17.0 Å². The molecule has 0 aliphatic heterocycles. The number of hydrogen-bond acceptors (Lipinski definition) is 3. The molecule has 0 radical (unpaired) electrons. The van der Waals surface area contributed by atoms with E-state index in [1.165, 1.54) is 25.3 Å². The number of methoxy groups -OCH3 is 1. The molecule has 96 valence electrons. The molecule has 1 rings (SSSR count). The lowest BCUT2D eigenvalue weighted by Crippen LogP contribution is -2.31. The Balaban J connectivity index is 2.99. The molecular weight excluding hydrogens is 235 g/mol. The minimum Gasteiger partial charge on any atom is -0.494 e. The van der Waals surface area contributed by atoms with Gasteiger partial charge in [-0.25, -0.2) is 4.39 Å². The Morgan fingerprint density at radius 1 is 1.61 bits per heavy atom. The van der Waals surface area contributed by atoms with Crippen molar-refractivity contribution in [3.05, 3.63) is 24.0 Å². The molecule has 0 heterocycles. The van der Waals surface area contributed by atoms with Gasteiger partial charge in [-0.2, -0.15) is 5.26 Å². The Bertz CT molecular complexity index is 496. The zero-order valence-electron chi connectivity index (χ0n) is 10.6. The van der Waals surface area contributed by atoms with Gasteiger partial charge in [-0.1, -0.05) is 6.92 Å². The van der Waals surface area contributed by atoms with Gasteiger partial charge in [0.25, 0.3) is 0 Å². The zero-order valence-corrected chi connectivity index (χ0v) is 10.6. The second kappa shape index (κ2) is 5.50. The van der Waals surface area contributed by atoms with Crippen molar-refractivity contribution in [2.75, 3.05) is 12.4 Å². The number of benzene rings is 1. The standard InChI is InChI=1S/C13H15FN2O2/c1-4-13(2,8-15)12(17)16-10-6-5-9(14)7-11(10)18-3/h5-7H,4H2,1-3H3,(H,16,17). The molecule has 0 spiro atoms. The smallest absolute Gasteiger partial charge is 0.244 e. The Hall–Kier alpha value is -2.09. The van der Waals surface area contributed by atoms with E-state index in [4.69, 9.17) is 10.00 Å². The van der Waals surface area contributed by atoms with Crippen LogP contribution in [0.1, 0.15) is 20.3 Å². The molecule has 0 saturated heterocycles. The van der Waals surface area contributed by atoms with E-state index in [9.17, 15) is 9.18 Å². The summed E-state index contributed by atoms with van der Waals surface area (Å²) >= 11 is 0. The van der Waals surface area contributed by atoms with Gasteiger partial charge in [-0.15, -0.1) is 0 Å². The quantitative estimate of drug-likeness (QED) is 0.893. The number of carbonyl (C=O) groups is 1. The van der Waals surface area contributed by atoms with Crippen LogP contribution in [-0.4, -0.2) is 13.0 Å². The number of nitrogens with zero attached hydrogens (tertiary/aromatic N) is 1. The van der Waals surface area contributed by atoms with Crippen LogP contribution in [-0.2, 0) is 4.79 Å². The second-order valence-electron chi connectivity index (χ2n) is 4.10. The maximum Gasteiger partial charge on any atom is 0.244 e. The lowest BCUT2D eigenvalue weighted by molar-refractivity contribution is -0.122. The third kappa shape index (κ3) is 2.77. The van der Waals surface area contributed by atoms with Gasteiger partial charge in [-0.3, -0.25) is 4.79 Å². The number of nitriles is 1. The van der Waals surface area contributed by atoms with Crippen molar-refractivity contribution in [1.82, 2.24) is 0 Å². The number of rotatable bonds is 4.